The smallest absolute Gasteiger partial charge is 0.135 e. The van der Waals surface area contributed by atoms with Crippen LogP contribution >= 0.6 is 0 Å². The van der Waals surface area contributed by atoms with Crippen LogP contribution in [0.2, 0.25) is 0 Å². The molecule has 1 aromatic rings. The maximum absolute atomic E-state index is 9.91. The van der Waals surface area contributed by atoms with Crippen LogP contribution in [0.3, 0.4) is 0 Å². The van der Waals surface area contributed by atoms with Gasteiger partial charge in [0, 0.05) is 0 Å². The summed E-state index contributed by atoms with van der Waals surface area (Å²) >= 11 is 0. The molecule has 1 rings (SSSR count). The molecule has 0 aliphatic carbocycles. The van der Waals surface area contributed by atoms with E-state index in [9.17, 15) is 5.11 Å². The van der Waals surface area contributed by atoms with Crippen molar-refractivity contribution in [2.24, 2.45) is 0 Å². The number of furan rings is 1. The van der Waals surface area contributed by atoms with Gasteiger partial charge in [-0.1, -0.05) is 19.8 Å². The molecule has 1 N–H and O–H groups in total. The van der Waals surface area contributed by atoms with Crippen LogP contribution in [0.25, 0.3) is 0 Å². The fourth-order valence-electron chi connectivity index (χ4n) is 1.23. The molecular weight excluding hydrogens is 152 g/mol. The average Bonchev–Trinajstić information content (AvgIpc) is 2.53. The van der Waals surface area contributed by atoms with Gasteiger partial charge >= 0.3 is 0 Å². The molecule has 1 atom stereocenters. The molecule has 0 unspecified atom stereocenters. The number of unbranched alkanes of at least 4 members (excludes halogenated alkanes) is 1. The summed E-state index contributed by atoms with van der Waals surface area (Å²) < 4.78 is 5.15. The second-order valence-corrected chi connectivity index (χ2v) is 3.35. The molecule has 1 aromatic heterocycles. The normalized spacial score (nSPS) is 15.9. The third-order valence-corrected chi connectivity index (χ3v) is 2.07. The third kappa shape index (κ3) is 2.11. The van der Waals surface area contributed by atoms with Crippen LogP contribution in [0.5, 0.6) is 0 Å². The molecule has 12 heavy (non-hydrogen) atoms. The summed E-state index contributed by atoms with van der Waals surface area (Å²) in [7, 11) is 0. The minimum Gasteiger partial charge on any atom is -0.466 e. The Bertz CT molecular complexity index is 212. The first-order valence-corrected chi connectivity index (χ1v) is 4.43. The first-order chi connectivity index (χ1) is 5.67. The van der Waals surface area contributed by atoms with E-state index in [1.165, 1.54) is 0 Å². The molecule has 0 aliphatic rings. The van der Waals surface area contributed by atoms with Gasteiger partial charge < -0.3 is 9.52 Å². The van der Waals surface area contributed by atoms with Crippen LogP contribution < -0.4 is 0 Å². The Kier molecular flexibility index (Phi) is 2.93. The van der Waals surface area contributed by atoms with Gasteiger partial charge in [0.1, 0.15) is 11.4 Å². The van der Waals surface area contributed by atoms with Gasteiger partial charge in [0.2, 0.25) is 0 Å². The topological polar surface area (TPSA) is 33.4 Å². The predicted molar refractivity (Wildman–Crippen MR) is 47.8 cm³/mol. The molecule has 0 bridgehead atoms. The SMILES string of the molecule is CCCC[C@](C)(O)c1ccco1. The van der Waals surface area contributed by atoms with Gasteiger partial charge in [-0.05, 0) is 25.5 Å². The van der Waals surface area contributed by atoms with Crippen LogP contribution in [-0.4, -0.2) is 5.11 Å². The molecule has 0 fully saturated rings. The molecule has 2 nitrogen and oxygen atoms in total. The van der Waals surface area contributed by atoms with E-state index >= 15 is 0 Å². The van der Waals surface area contributed by atoms with Crippen LogP contribution in [0.15, 0.2) is 22.8 Å². The van der Waals surface area contributed by atoms with Crippen molar-refractivity contribution < 1.29 is 9.52 Å². The average molecular weight is 168 g/mol. The first-order valence-electron chi connectivity index (χ1n) is 4.43. The molecule has 0 radical (unpaired) electrons. The van der Waals surface area contributed by atoms with Crippen molar-refractivity contribution >= 4 is 0 Å². The lowest BCUT2D eigenvalue weighted by Crippen LogP contribution is -2.19. The Morgan fingerprint density at radius 1 is 1.58 bits per heavy atom. The second kappa shape index (κ2) is 3.76. The number of hydrogen-bond donors (Lipinski definition) is 1. The molecule has 68 valence electrons. The summed E-state index contributed by atoms with van der Waals surface area (Å²) in [6.07, 6.45) is 4.47. The molecule has 0 spiro atoms. The molecule has 0 saturated carbocycles. The summed E-state index contributed by atoms with van der Waals surface area (Å²) in [4.78, 5) is 0. The highest BCUT2D eigenvalue weighted by molar-refractivity contribution is 5.07. The van der Waals surface area contributed by atoms with E-state index in [1.54, 1.807) is 19.3 Å². The number of aliphatic hydroxyl groups is 1. The van der Waals surface area contributed by atoms with Gasteiger partial charge in [0.15, 0.2) is 0 Å². The predicted octanol–water partition coefficient (Wildman–Crippen LogP) is 2.68. The summed E-state index contributed by atoms with van der Waals surface area (Å²) in [6, 6.07) is 3.62. The summed E-state index contributed by atoms with van der Waals surface area (Å²) in [5, 5.41) is 9.91. The van der Waals surface area contributed by atoms with Gasteiger partial charge in [-0.25, -0.2) is 0 Å². The van der Waals surface area contributed by atoms with Crippen molar-refractivity contribution in [1.29, 1.82) is 0 Å². The number of hydrogen-bond acceptors (Lipinski definition) is 2. The van der Waals surface area contributed by atoms with Crippen molar-refractivity contribution in [2.75, 3.05) is 0 Å². The van der Waals surface area contributed by atoms with Gasteiger partial charge in [-0.15, -0.1) is 0 Å². The van der Waals surface area contributed by atoms with Crippen molar-refractivity contribution in [3.63, 3.8) is 0 Å². The zero-order valence-corrected chi connectivity index (χ0v) is 7.71. The fourth-order valence-corrected chi connectivity index (χ4v) is 1.23. The summed E-state index contributed by atoms with van der Waals surface area (Å²) in [5.41, 5.74) is -0.792. The van der Waals surface area contributed by atoms with E-state index in [0.717, 1.165) is 19.3 Å². The van der Waals surface area contributed by atoms with E-state index in [-0.39, 0.29) is 0 Å². The fraction of sp³-hybridized carbons (Fsp3) is 0.600. The second-order valence-electron chi connectivity index (χ2n) is 3.35. The highest BCUT2D eigenvalue weighted by Gasteiger charge is 2.24. The number of rotatable bonds is 4. The lowest BCUT2D eigenvalue weighted by atomic mass is 9.96. The van der Waals surface area contributed by atoms with E-state index in [2.05, 4.69) is 6.92 Å². The standard InChI is InChI=1S/C10H16O2/c1-3-4-7-10(2,11)9-6-5-8-12-9/h5-6,8,11H,3-4,7H2,1-2H3/t10-/m0/s1. The van der Waals surface area contributed by atoms with Crippen LogP contribution in [0.4, 0.5) is 0 Å². The van der Waals surface area contributed by atoms with E-state index in [4.69, 9.17) is 4.42 Å². The molecular formula is C10H16O2. The monoisotopic (exact) mass is 168 g/mol. The molecule has 1 heterocycles. The van der Waals surface area contributed by atoms with E-state index in [1.807, 2.05) is 6.07 Å². The van der Waals surface area contributed by atoms with Crippen LogP contribution in [-0.2, 0) is 5.60 Å². The Morgan fingerprint density at radius 3 is 2.83 bits per heavy atom. The molecule has 0 amide bonds. The maximum atomic E-state index is 9.91. The van der Waals surface area contributed by atoms with Crippen molar-refractivity contribution in [2.45, 2.75) is 38.7 Å². The summed E-state index contributed by atoms with van der Waals surface area (Å²) in [6.45, 7) is 3.90. The van der Waals surface area contributed by atoms with Gasteiger partial charge in [-0.3, -0.25) is 0 Å². The Labute approximate surface area is 73.2 Å². The molecule has 2 heteroatoms. The highest BCUT2D eigenvalue weighted by atomic mass is 16.4. The minimum absolute atomic E-state index is 0.663. The Hall–Kier alpha value is -0.760. The summed E-state index contributed by atoms with van der Waals surface area (Å²) in [5.74, 6) is 0.663. The quantitative estimate of drug-likeness (QED) is 0.749. The largest absolute Gasteiger partial charge is 0.466 e. The maximum Gasteiger partial charge on any atom is 0.135 e. The van der Waals surface area contributed by atoms with Crippen molar-refractivity contribution in [3.8, 4) is 0 Å². The van der Waals surface area contributed by atoms with Gasteiger partial charge in [0.25, 0.3) is 0 Å². The van der Waals surface area contributed by atoms with Gasteiger partial charge in [0.05, 0.1) is 6.26 Å². The van der Waals surface area contributed by atoms with Crippen LogP contribution in [0.1, 0.15) is 38.9 Å². The zero-order valence-electron chi connectivity index (χ0n) is 7.71. The molecule has 0 aliphatic heterocycles. The van der Waals surface area contributed by atoms with Crippen molar-refractivity contribution in [1.82, 2.24) is 0 Å². The highest BCUT2D eigenvalue weighted by Crippen LogP contribution is 2.26. The lowest BCUT2D eigenvalue weighted by Gasteiger charge is -2.19. The van der Waals surface area contributed by atoms with Crippen LogP contribution in [0, 0.1) is 0 Å². The lowest BCUT2D eigenvalue weighted by molar-refractivity contribution is 0.0232. The zero-order chi connectivity index (χ0) is 9.03. The molecule has 0 aromatic carbocycles. The third-order valence-electron chi connectivity index (χ3n) is 2.07. The minimum atomic E-state index is -0.792. The van der Waals surface area contributed by atoms with E-state index in [0.29, 0.717) is 5.76 Å². The Morgan fingerprint density at radius 2 is 2.33 bits per heavy atom. The molecule has 0 saturated heterocycles. The van der Waals surface area contributed by atoms with Crippen molar-refractivity contribution in [3.05, 3.63) is 24.2 Å². The van der Waals surface area contributed by atoms with Gasteiger partial charge in [-0.2, -0.15) is 0 Å². The Balaban J connectivity index is 2.59. The first kappa shape index (κ1) is 9.33. The van der Waals surface area contributed by atoms with E-state index < -0.39 is 5.60 Å².